The third kappa shape index (κ3) is 2.89. The Morgan fingerprint density at radius 1 is 1.09 bits per heavy atom. The lowest BCUT2D eigenvalue weighted by atomic mass is 9.69. The van der Waals surface area contributed by atoms with Crippen molar-refractivity contribution in [2.75, 3.05) is 7.05 Å². The van der Waals surface area contributed by atoms with Crippen LogP contribution in [-0.2, 0) is 9.53 Å². The van der Waals surface area contributed by atoms with Gasteiger partial charge in [0.25, 0.3) is 0 Å². The van der Waals surface area contributed by atoms with Crippen LogP contribution in [-0.4, -0.2) is 30.1 Å². The number of carbonyl (C=O) groups excluding carboxylic acids is 2. The summed E-state index contributed by atoms with van der Waals surface area (Å²) in [6, 6.07) is 0.268. The number of hydrogen-bond acceptors (Lipinski definition) is 3. The van der Waals surface area contributed by atoms with Gasteiger partial charge in [-0.25, -0.2) is 4.79 Å². The second-order valence-corrected chi connectivity index (χ2v) is 8.58. The van der Waals surface area contributed by atoms with Crippen molar-refractivity contribution in [1.29, 1.82) is 0 Å². The molecule has 0 N–H and O–H groups in total. The van der Waals surface area contributed by atoms with Crippen molar-refractivity contribution in [3.63, 3.8) is 0 Å². The smallest absolute Gasteiger partial charge is 0.376 e. The molecule has 4 nitrogen and oxygen atoms in total. The quantitative estimate of drug-likeness (QED) is 0.577. The van der Waals surface area contributed by atoms with E-state index in [9.17, 15) is 9.59 Å². The van der Waals surface area contributed by atoms with Gasteiger partial charge in [-0.2, -0.15) is 0 Å². The Bertz CT molecular complexity index is 487. The molecule has 0 aromatic heterocycles. The van der Waals surface area contributed by atoms with Gasteiger partial charge < -0.3 is 9.64 Å². The maximum atomic E-state index is 12.4. The molecular weight excluding hydrogens is 290 g/mol. The zero-order chi connectivity index (χ0) is 16.8. The summed E-state index contributed by atoms with van der Waals surface area (Å²) in [4.78, 5) is 26.3. The molecule has 0 aromatic carbocycles. The Labute approximate surface area is 139 Å². The summed E-state index contributed by atoms with van der Waals surface area (Å²) in [5, 5.41) is 0. The topological polar surface area (TPSA) is 46.6 Å². The summed E-state index contributed by atoms with van der Waals surface area (Å²) in [5.74, 6) is 2.70. The average molecular weight is 321 g/mol. The molecule has 1 amide bonds. The predicted octanol–water partition coefficient (Wildman–Crippen LogP) is 4.23. The molecule has 0 saturated heterocycles. The van der Waals surface area contributed by atoms with Crippen LogP contribution >= 0.6 is 0 Å². The molecule has 5 unspecified atom stereocenters. The molecule has 3 aliphatic rings. The molecule has 0 aliphatic heterocycles. The molecule has 4 heteroatoms. The molecule has 0 radical (unpaired) electrons. The molecule has 3 saturated carbocycles. The van der Waals surface area contributed by atoms with E-state index in [4.69, 9.17) is 4.74 Å². The van der Waals surface area contributed by atoms with Crippen LogP contribution in [0.4, 0.5) is 4.79 Å². The van der Waals surface area contributed by atoms with Gasteiger partial charge in [-0.05, 0) is 69.6 Å². The first-order valence-corrected chi connectivity index (χ1v) is 9.34. The number of rotatable bonds is 3. The van der Waals surface area contributed by atoms with Gasteiger partial charge in [0.2, 0.25) is 0 Å². The van der Waals surface area contributed by atoms with E-state index in [-0.39, 0.29) is 6.04 Å². The Hall–Kier alpha value is -1.06. The van der Waals surface area contributed by atoms with Gasteiger partial charge >= 0.3 is 12.1 Å². The fourth-order valence-electron chi connectivity index (χ4n) is 5.22. The van der Waals surface area contributed by atoms with E-state index < -0.39 is 17.5 Å². The van der Waals surface area contributed by atoms with Gasteiger partial charge in [-0.15, -0.1) is 0 Å². The van der Waals surface area contributed by atoms with E-state index in [2.05, 4.69) is 0 Å². The van der Waals surface area contributed by atoms with Gasteiger partial charge in [-0.1, -0.05) is 19.8 Å². The molecule has 3 fully saturated rings. The van der Waals surface area contributed by atoms with Crippen LogP contribution in [0.5, 0.6) is 0 Å². The number of fused-ring (bicyclic) bond motifs is 5. The van der Waals surface area contributed by atoms with Gasteiger partial charge in [0, 0.05) is 13.1 Å². The predicted molar refractivity (Wildman–Crippen MR) is 88.8 cm³/mol. The van der Waals surface area contributed by atoms with Crippen molar-refractivity contribution in [2.45, 2.75) is 71.8 Å². The number of nitrogens with zero attached hydrogens (tertiary/aromatic N) is 1. The number of carbonyl (C=O) groups is 2. The highest BCUT2D eigenvalue weighted by Gasteiger charge is 2.54. The van der Waals surface area contributed by atoms with Crippen molar-refractivity contribution < 1.29 is 14.3 Å². The zero-order valence-electron chi connectivity index (χ0n) is 15.0. The number of ether oxygens (including phenoxy) is 1. The van der Waals surface area contributed by atoms with E-state index >= 15 is 0 Å². The third-order valence-electron chi connectivity index (χ3n) is 7.05. The van der Waals surface area contributed by atoms with Gasteiger partial charge in [0.15, 0.2) is 0 Å². The first-order chi connectivity index (χ1) is 10.8. The van der Waals surface area contributed by atoms with Crippen LogP contribution < -0.4 is 0 Å². The summed E-state index contributed by atoms with van der Waals surface area (Å²) < 4.78 is 5.17. The highest BCUT2D eigenvalue weighted by molar-refractivity contribution is 5.87. The minimum absolute atomic E-state index is 0.268. The molecular formula is C19H31NO3. The van der Waals surface area contributed by atoms with Crippen molar-refractivity contribution >= 4 is 12.1 Å². The lowest BCUT2D eigenvalue weighted by Crippen LogP contribution is -2.46. The second-order valence-electron chi connectivity index (χ2n) is 8.58. The summed E-state index contributed by atoms with van der Waals surface area (Å²) in [6.07, 6.45) is 8.02. The lowest BCUT2D eigenvalue weighted by molar-refractivity contribution is -0.148. The molecule has 0 aromatic rings. The molecule has 3 rings (SSSR count). The Balaban J connectivity index is 1.62. The van der Waals surface area contributed by atoms with Crippen LogP contribution in [0.25, 0.3) is 0 Å². The van der Waals surface area contributed by atoms with Crippen LogP contribution in [0.3, 0.4) is 0 Å². The first-order valence-electron chi connectivity index (χ1n) is 9.34. The van der Waals surface area contributed by atoms with E-state index in [0.717, 1.165) is 24.2 Å². The second kappa shape index (κ2) is 6.10. The normalized spacial score (nSPS) is 35.7. The Morgan fingerprint density at radius 2 is 1.74 bits per heavy atom. The maximum absolute atomic E-state index is 12.4. The SMILES string of the molecule is CCC(C)(C)C(=O)OC(=O)N(C)C1CC2CC1C1CCCCC21. The van der Waals surface area contributed by atoms with Crippen molar-refractivity contribution in [2.24, 2.45) is 29.1 Å². The van der Waals surface area contributed by atoms with E-state index in [0.29, 0.717) is 12.3 Å². The largest absolute Gasteiger partial charge is 0.417 e. The summed E-state index contributed by atoms with van der Waals surface area (Å²) in [7, 11) is 1.82. The third-order valence-corrected chi connectivity index (χ3v) is 7.05. The maximum Gasteiger partial charge on any atom is 0.417 e. The van der Waals surface area contributed by atoms with Crippen LogP contribution in [0, 0.1) is 29.1 Å². The monoisotopic (exact) mass is 321 g/mol. The van der Waals surface area contributed by atoms with Crippen molar-refractivity contribution in [3.8, 4) is 0 Å². The fourth-order valence-corrected chi connectivity index (χ4v) is 5.22. The molecule has 2 bridgehead atoms. The number of esters is 1. The standard InChI is InChI=1S/C19H31NO3/c1-5-19(2,3)17(21)23-18(22)20(4)16-11-12-10-15(16)14-9-7-6-8-13(12)14/h12-16H,5-11H2,1-4H3. The molecule has 130 valence electrons. The van der Waals surface area contributed by atoms with Crippen LogP contribution in [0.15, 0.2) is 0 Å². The molecule has 5 atom stereocenters. The Kier molecular flexibility index (Phi) is 4.45. The fraction of sp³-hybridized carbons (Fsp3) is 0.895. The molecule has 3 aliphatic carbocycles. The average Bonchev–Trinajstić information content (AvgIpc) is 3.13. The number of hydrogen-bond donors (Lipinski definition) is 0. The molecule has 0 spiro atoms. The van der Waals surface area contributed by atoms with Crippen LogP contribution in [0.1, 0.15) is 65.7 Å². The van der Waals surface area contributed by atoms with Crippen molar-refractivity contribution in [1.82, 2.24) is 4.90 Å². The van der Waals surface area contributed by atoms with Crippen molar-refractivity contribution in [3.05, 3.63) is 0 Å². The van der Waals surface area contributed by atoms with Gasteiger partial charge in [0.05, 0.1) is 5.41 Å². The van der Waals surface area contributed by atoms with E-state index in [1.54, 1.807) is 4.90 Å². The van der Waals surface area contributed by atoms with E-state index in [1.165, 1.54) is 32.1 Å². The zero-order valence-corrected chi connectivity index (χ0v) is 15.0. The minimum Gasteiger partial charge on any atom is -0.376 e. The lowest BCUT2D eigenvalue weighted by Gasteiger charge is -2.41. The minimum atomic E-state index is -0.598. The van der Waals surface area contributed by atoms with Gasteiger partial charge in [0.1, 0.15) is 0 Å². The Morgan fingerprint density at radius 3 is 2.39 bits per heavy atom. The summed E-state index contributed by atoms with van der Waals surface area (Å²) in [6.45, 7) is 5.59. The van der Waals surface area contributed by atoms with E-state index in [1.807, 2.05) is 27.8 Å². The molecule has 0 heterocycles. The summed E-state index contributed by atoms with van der Waals surface area (Å²) in [5.41, 5.74) is -0.598. The molecule has 23 heavy (non-hydrogen) atoms. The highest BCUT2D eigenvalue weighted by Crippen LogP contribution is 2.58. The summed E-state index contributed by atoms with van der Waals surface area (Å²) >= 11 is 0. The van der Waals surface area contributed by atoms with Crippen LogP contribution in [0.2, 0.25) is 0 Å². The highest BCUT2D eigenvalue weighted by atomic mass is 16.6. The number of amides is 1. The first kappa shape index (κ1) is 16.8. The van der Waals surface area contributed by atoms with Gasteiger partial charge in [-0.3, -0.25) is 4.79 Å².